The molecule has 0 saturated heterocycles. The van der Waals surface area contributed by atoms with Crippen molar-refractivity contribution in [3.05, 3.63) is 52.8 Å². The molecule has 3 heterocycles. The summed E-state index contributed by atoms with van der Waals surface area (Å²) in [7, 11) is 0. The molecule has 0 bridgehead atoms. The molecule has 2 aromatic heterocycles. The number of benzene rings is 1. The minimum absolute atomic E-state index is 0.00398. The van der Waals surface area contributed by atoms with E-state index in [1.807, 2.05) is 46.8 Å². The van der Waals surface area contributed by atoms with Crippen molar-refractivity contribution < 1.29 is 4.79 Å². The lowest BCUT2D eigenvalue weighted by Crippen LogP contribution is -2.35. The summed E-state index contributed by atoms with van der Waals surface area (Å²) < 4.78 is 1.93. The molecule has 3 aromatic rings. The van der Waals surface area contributed by atoms with Gasteiger partial charge in [-0.05, 0) is 31.4 Å². The van der Waals surface area contributed by atoms with Crippen LogP contribution in [0.2, 0.25) is 0 Å². The van der Waals surface area contributed by atoms with E-state index in [1.54, 1.807) is 11.3 Å². The second-order valence-electron chi connectivity index (χ2n) is 5.35. The van der Waals surface area contributed by atoms with E-state index in [0.29, 0.717) is 5.69 Å². The normalized spacial score (nSPS) is 14.4. The zero-order valence-corrected chi connectivity index (χ0v) is 12.6. The highest BCUT2D eigenvalue weighted by Gasteiger charge is 2.25. The number of rotatable bonds is 1. The van der Waals surface area contributed by atoms with Crippen molar-refractivity contribution in [2.75, 3.05) is 11.4 Å². The molecule has 0 aliphatic carbocycles. The summed E-state index contributed by atoms with van der Waals surface area (Å²) in [5.41, 5.74) is 2.80. The lowest BCUT2D eigenvalue weighted by Gasteiger charge is -2.28. The van der Waals surface area contributed by atoms with E-state index in [2.05, 4.69) is 11.1 Å². The van der Waals surface area contributed by atoms with Crippen molar-refractivity contribution in [3.8, 4) is 0 Å². The van der Waals surface area contributed by atoms with Crippen LogP contribution >= 0.6 is 11.3 Å². The average molecular weight is 297 g/mol. The van der Waals surface area contributed by atoms with Crippen molar-refractivity contribution in [2.24, 2.45) is 0 Å². The number of amides is 1. The molecular weight excluding hydrogens is 282 g/mol. The van der Waals surface area contributed by atoms with Gasteiger partial charge < -0.3 is 4.90 Å². The highest BCUT2D eigenvalue weighted by molar-refractivity contribution is 7.17. The zero-order chi connectivity index (χ0) is 14.4. The highest BCUT2D eigenvalue weighted by atomic mass is 32.1. The van der Waals surface area contributed by atoms with Gasteiger partial charge in [-0.3, -0.25) is 9.20 Å². The predicted molar refractivity (Wildman–Crippen MR) is 84.2 cm³/mol. The first-order chi connectivity index (χ1) is 10.2. The van der Waals surface area contributed by atoms with Crippen LogP contribution in [0.15, 0.2) is 36.7 Å². The molecule has 1 aliphatic rings. The first-order valence-electron chi connectivity index (χ1n) is 7.07. The minimum atomic E-state index is -0.00398. The SMILES string of the molecule is Cc1cn2cc(C(=O)N3CCCc4ccccc43)nc2s1. The Kier molecular flexibility index (Phi) is 2.82. The Hall–Kier alpha value is -2.14. The lowest BCUT2D eigenvalue weighted by molar-refractivity contribution is 0.0981. The number of carbonyl (C=O) groups is 1. The average Bonchev–Trinajstić information content (AvgIpc) is 3.03. The number of carbonyl (C=O) groups excluding carboxylic acids is 1. The van der Waals surface area contributed by atoms with Gasteiger partial charge in [-0.1, -0.05) is 18.2 Å². The molecule has 1 amide bonds. The summed E-state index contributed by atoms with van der Waals surface area (Å²) >= 11 is 1.60. The van der Waals surface area contributed by atoms with Gasteiger partial charge in [0.1, 0.15) is 5.69 Å². The van der Waals surface area contributed by atoms with Crippen LogP contribution < -0.4 is 4.90 Å². The first kappa shape index (κ1) is 12.6. The number of thiazole rings is 1. The van der Waals surface area contributed by atoms with Crippen molar-refractivity contribution in [1.82, 2.24) is 9.38 Å². The van der Waals surface area contributed by atoms with Crippen molar-refractivity contribution in [2.45, 2.75) is 19.8 Å². The standard InChI is InChI=1S/C16H15N3OS/c1-11-9-18-10-13(17-16(18)21-11)15(20)19-8-4-6-12-5-2-3-7-14(12)19/h2-3,5,7,9-10H,4,6,8H2,1H3. The van der Waals surface area contributed by atoms with Crippen LogP contribution in [0.1, 0.15) is 27.3 Å². The van der Waals surface area contributed by atoms with Crippen molar-refractivity contribution in [3.63, 3.8) is 0 Å². The van der Waals surface area contributed by atoms with Crippen LogP contribution in [0.25, 0.3) is 4.96 Å². The Bertz CT molecular complexity index is 802. The number of fused-ring (bicyclic) bond motifs is 2. The Balaban J connectivity index is 1.73. The number of nitrogens with zero attached hydrogens (tertiary/aromatic N) is 3. The monoisotopic (exact) mass is 297 g/mol. The lowest BCUT2D eigenvalue weighted by atomic mass is 10.0. The van der Waals surface area contributed by atoms with Gasteiger partial charge in [0.25, 0.3) is 5.91 Å². The van der Waals surface area contributed by atoms with Gasteiger partial charge in [0.15, 0.2) is 4.96 Å². The van der Waals surface area contributed by atoms with Crippen LogP contribution in [0.4, 0.5) is 5.69 Å². The molecule has 0 saturated carbocycles. The summed E-state index contributed by atoms with van der Waals surface area (Å²) in [5.74, 6) is -0.00398. The second kappa shape index (κ2) is 4.70. The minimum Gasteiger partial charge on any atom is -0.307 e. The second-order valence-corrected chi connectivity index (χ2v) is 6.56. The van der Waals surface area contributed by atoms with Gasteiger partial charge in [0.2, 0.25) is 0 Å². The zero-order valence-electron chi connectivity index (χ0n) is 11.7. The van der Waals surface area contributed by atoms with Gasteiger partial charge in [-0.2, -0.15) is 0 Å². The van der Waals surface area contributed by atoms with E-state index in [9.17, 15) is 4.79 Å². The smallest absolute Gasteiger partial charge is 0.278 e. The van der Waals surface area contributed by atoms with Crippen molar-refractivity contribution in [1.29, 1.82) is 0 Å². The number of aryl methyl sites for hydroxylation is 2. The van der Waals surface area contributed by atoms with Gasteiger partial charge in [0, 0.05) is 29.5 Å². The molecule has 0 unspecified atom stereocenters. The molecule has 0 spiro atoms. The Morgan fingerprint density at radius 2 is 2.14 bits per heavy atom. The maximum atomic E-state index is 12.8. The van der Waals surface area contributed by atoms with Crippen LogP contribution in [0, 0.1) is 6.92 Å². The van der Waals surface area contributed by atoms with Crippen LogP contribution in [0.5, 0.6) is 0 Å². The quantitative estimate of drug-likeness (QED) is 0.691. The summed E-state index contributed by atoms with van der Waals surface area (Å²) in [6.07, 6.45) is 5.88. The van der Waals surface area contributed by atoms with E-state index >= 15 is 0 Å². The van der Waals surface area contributed by atoms with Crippen LogP contribution in [-0.2, 0) is 6.42 Å². The van der Waals surface area contributed by atoms with Crippen LogP contribution in [0.3, 0.4) is 0 Å². The molecule has 1 aliphatic heterocycles. The van der Waals surface area contributed by atoms with Crippen molar-refractivity contribution >= 4 is 27.9 Å². The van der Waals surface area contributed by atoms with E-state index in [-0.39, 0.29) is 5.91 Å². The molecule has 4 nitrogen and oxygen atoms in total. The Labute approximate surface area is 126 Å². The molecule has 4 rings (SSSR count). The Morgan fingerprint density at radius 1 is 1.29 bits per heavy atom. The van der Waals surface area contributed by atoms with Crippen LogP contribution in [-0.4, -0.2) is 21.8 Å². The molecule has 0 radical (unpaired) electrons. The van der Waals surface area contributed by atoms with Gasteiger partial charge >= 0.3 is 0 Å². The van der Waals surface area contributed by atoms with E-state index < -0.39 is 0 Å². The van der Waals surface area contributed by atoms with Gasteiger partial charge in [-0.15, -0.1) is 11.3 Å². The van der Waals surface area contributed by atoms with Gasteiger partial charge in [-0.25, -0.2) is 4.98 Å². The molecule has 106 valence electrons. The predicted octanol–water partition coefficient (Wildman–Crippen LogP) is 3.30. The number of imidazole rings is 1. The third-order valence-electron chi connectivity index (χ3n) is 3.85. The molecule has 0 fully saturated rings. The molecule has 21 heavy (non-hydrogen) atoms. The molecule has 5 heteroatoms. The fraction of sp³-hybridized carbons (Fsp3) is 0.250. The largest absolute Gasteiger partial charge is 0.307 e. The summed E-state index contributed by atoms with van der Waals surface area (Å²) in [5, 5.41) is 0. The third-order valence-corrected chi connectivity index (χ3v) is 4.76. The summed E-state index contributed by atoms with van der Waals surface area (Å²) in [6, 6.07) is 8.14. The van der Waals surface area contributed by atoms with E-state index in [0.717, 1.165) is 30.0 Å². The van der Waals surface area contributed by atoms with Gasteiger partial charge in [0.05, 0.1) is 0 Å². The Morgan fingerprint density at radius 3 is 3.00 bits per heavy atom. The third kappa shape index (κ3) is 2.05. The highest BCUT2D eigenvalue weighted by Crippen LogP contribution is 2.28. The topological polar surface area (TPSA) is 37.6 Å². The fourth-order valence-corrected chi connectivity index (χ4v) is 3.71. The molecule has 1 aromatic carbocycles. The molecule has 0 atom stereocenters. The number of aromatic nitrogens is 2. The number of anilines is 1. The maximum absolute atomic E-state index is 12.8. The first-order valence-corrected chi connectivity index (χ1v) is 7.89. The van der Waals surface area contributed by atoms with E-state index in [1.165, 1.54) is 10.4 Å². The fourth-order valence-electron chi connectivity index (χ4n) is 2.90. The molecular formula is C16H15N3OS. The summed E-state index contributed by atoms with van der Waals surface area (Å²) in [6.45, 7) is 2.81. The summed E-state index contributed by atoms with van der Waals surface area (Å²) in [4.78, 5) is 21.2. The van der Waals surface area contributed by atoms with E-state index in [4.69, 9.17) is 0 Å². The number of hydrogen-bond donors (Lipinski definition) is 0. The number of para-hydroxylation sites is 1. The number of hydrogen-bond acceptors (Lipinski definition) is 3. The molecule has 0 N–H and O–H groups in total. The maximum Gasteiger partial charge on any atom is 0.278 e.